The number of nitrogens with one attached hydrogen (secondary N) is 1. The number of hydrogen-bond acceptors (Lipinski definition) is 3. The minimum atomic E-state index is -0.861. The van der Waals surface area contributed by atoms with E-state index in [1.165, 1.54) is 68.1 Å². The molecule has 4 heteroatoms. The smallest absolute Gasteiger partial charge is 0.335 e. The fourth-order valence-electron chi connectivity index (χ4n) is 13.3. The highest BCUT2D eigenvalue weighted by molar-refractivity contribution is 5.88. The van der Waals surface area contributed by atoms with Crippen LogP contribution in [-0.4, -0.2) is 29.9 Å². The van der Waals surface area contributed by atoms with E-state index in [9.17, 15) is 14.7 Å². The lowest BCUT2D eigenvalue weighted by Gasteiger charge is -2.72. The number of rotatable bonds is 9. The second-order valence-electron chi connectivity index (χ2n) is 18.0. The molecule has 1 aromatic carbocycles. The van der Waals surface area contributed by atoms with Crippen molar-refractivity contribution < 1.29 is 14.7 Å². The van der Waals surface area contributed by atoms with Gasteiger partial charge in [-0.2, -0.15) is 0 Å². The van der Waals surface area contributed by atoms with Crippen molar-refractivity contribution in [2.75, 3.05) is 13.1 Å². The zero-order chi connectivity index (χ0) is 33.3. The van der Waals surface area contributed by atoms with E-state index in [0.29, 0.717) is 57.7 Å². The molecule has 2 N–H and O–H groups in total. The number of benzene rings is 1. The highest BCUT2D eigenvalue weighted by Crippen LogP contribution is 2.77. The lowest BCUT2D eigenvalue weighted by atomic mass is 9.32. The van der Waals surface area contributed by atoms with E-state index in [2.05, 4.69) is 59.5 Å². The zero-order valence-electron chi connectivity index (χ0n) is 29.9. The van der Waals surface area contributed by atoms with Crippen molar-refractivity contribution in [2.45, 2.75) is 119 Å². The molecule has 0 spiro atoms. The third kappa shape index (κ3) is 5.01. The zero-order valence-corrected chi connectivity index (χ0v) is 29.9. The molecule has 0 radical (unpaired) electrons. The summed E-state index contributed by atoms with van der Waals surface area (Å²) in [6, 6.07) is 7.61. The van der Waals surface area contributed by atoms with Gasteiger partial charge in [0.15, 0.2) is 0 Å². The quantitative estimate of drug-likeness (QED) is 0.211. The van der Waals surface area contributed by atoms with Crippen molar-refractivity contribution in [2.24, 2.45) is 56.7 Å². The standard InChI is InChI=1S/C42H61NO3/c1-27(2)31-17-22-42(26-43-25-9-10-28(3)44)24-23-40(7)33(36(31)42)15-16-35-39(6)20-18-32(29-11-13-30(14-12-29)37(45)46)38(4,5)34(39)19-21-41(35,40)8/h11-14,18,31,33-36,43H,1,9-10,15-17,19-26H2,2-8H3,(H,45,46)/t31-,33+,34-,35+,36+,39-,40+,41+,42+/m0/s1. The molecule has 6 rings (SSSR count). The molecule has 0 unspecified atom stereocenters. The SMILES string of the molecule is C=C(C)[C@@H]1CC[C@]2(CNCCCC(C)=O)CC[C@]3(C)[C@H](CC[C@@H]4[C@@]5(C)CC=C(c6ccc(C(=O)O)cc6)C(C)(C)[C@@H]5CC[C@]43C)[C@@H]12. The molecule has 9 atom stereocenters. The van der Waals surface area contributed by atoms with Gasteiger partial charge in [-0.1, -0.05) is 65.0 Å². The molecule has 1 aromatic rings. The summed E-state index contributed by atoms with van der Waals surface area (Å²) in [5.41, 5.74) is 5.64. The van der Waals surface area contributed by atoms with Crippen LogP contribution in [0, 0.1) is 56.7 Å². The summed E-state index contributed by atoms with van der Waals surface area (Å²) in [4.78, 5) is 23.1. The van der Waals surface area contributed by atoms with Gasteiger partial charge in [0.2, 0.25) is 0 Å². The third-order valence-corrected chi connectivity index (χ3v) is 15.6. The topological polar surface area (TPSA) is 66.4 Å². The van der Waals surface area contributed by atoms with E-state index in [-0.39, 0.29) is 10.8 Å². The largest absolute Gasteiger partial charge is 0.478 e. The minimum absolute atomic E-state index is 0.0309. The predicted molar refractivity (Wildman–Crippen MR) is 189 cm³/mol. The Morgan fingerprint density at radius 3 is 2.26 bits per heavy atom. The summed E-state index contributed by atoms with van der Waals surface area (Å²) in [6.45, 7) is 23.7. The maximum atomic E-state index is 11.5. The van der Waals surface area contributed by atoms with Gasteiger partial charge >= 0.3 is 5.97 Å². The third-order valence-electron chi connectivity index (χ3n) is 15.6. The molecule has 0 saturated heterocycles. The van der Waals surface area contributed by atoms with Gasteiger partial charge in [0, 0.05) is 13.0 Å². The molecule has 0 aromatic heterocycles. The van der Waals surface area contributed by atoms with Gasteiger partial charge in [0.05, 0.1) is 5.56 Å². The molecular weight excluding hydrogens is 566 g/mol. The number of allylic oxidation sites excluding steroid dienone is 3. The van der Waals surface area contributed by atoms with E-state index < -0.39 is 5.97 Å². The van der Waals surface area contributed by atoms with E-state index in [4.69, 9.17) is 0 Å². The van der Waals surface area contributed by atoms with Crippen LogP contribution < -0.4 is 5.32 Å². The average molecular weight is 628 g/mol. The van der Waals surface area contributed by atoms with Crippen LogP contribution in [-0.2, 0) is 4.79 Å². The number of carboxylic acid groups (broad SMARTS) is 1. The number of carbonyl (C=O) groups is 2. The van der Waals surface area contributed by atoms with Crippen LogP contribution in [0.3, 0.4) is 0 Å². The Bertz CT molecular complexity index is 1410. The second-order valence-corrected chi connectivity index (χ2v) is 18.0. The van der Waals surface area contributed by atoms with Gasteiger partial charge in [0.1, 0.15) is 5.78 Å². The monoisotopic (exact) mass is 627 g/mol. The van der Waals surface area contributed by atoms with E-state index in [1.54, 1.807) is 19.1 Å². The van der Waals surface area contributed by atoms with Crippen LogP contribution >= 0.6 is 0 Å². The highest BCUT2D eigenvalue weighted by atomic mass is 16.4. The van der Waals surface area contributed by atoms with Gasteiger partial charge < -0.3 is 15.2 Å². The number of fused-ring (bicyclic) bond motifs is 7. The molecule has 4 fully saturated rings. The first-order valence-electron chi connectivity index (χ1n) is 18.5. The van der Waals surface area contributed by atoms with Crippen molar-refractivity contribution in [3.05, 3.63) is 53.6 Å². The van der Waals surface area contributed by atoms with Crippen LogP contribution in [0.4, 0.5) is 0 Å². The summed E-state index contributed by atoms with van der Waals surface area (Å²) < 4.78 is 0. The molecule has 5 aliphatic carbocycles. The minimum Gasteiger partial charge on any atom is -0.478 e. The maximum Gasteiger partial charge on any atom is 0.335 e. The first-order valence-corrected chi connectivity index (χ1v) is 18.5. The van der Waals surface area contributed by atoms with E-state index >= 15 is 0 Å². The summed E-state index contributed by atoms with van der Waals surface area (Å²) in [6.07, 6.45) is 15.8. The van der Waals surface area contributed by atoms with E-state index in [1.807, 2.05) is 12.1 Å². The van der Waals surface area contributed by atoms with Gasteiger partial charge in [-0.15, -0.1) is 0 Å². The first kappa shape index (κ1) is 33.7. The Morgan fingerprint density at radius 1 is 0.891 bits per heavy atom. The lowest BCUT2D eigenvalue weighted by molar-refractivity contribution is -0.225. The molecule has 4 saturated carbocycles. The molecule has 0 aliphatic heterocycles. The molecule has 0 heterocycles. The molecule has 0 bridgehead atoms. The lowest BCUT2D eigenvalue weighted by Crippen LogP contribution is -2.65. The average Bonchev–Trinajstić information content (AvgIpc) is 3.37. The Kier molecular flexibility index (Phi) is 8.60. The van der Waals surface area contributed by atoms with Crippen LogP contribution in [0.1, 0.15) is 135 Å². The Hall–Kier alpha value is -2.20. The van der Waals surface area contributed by atoms with Crippen molar-refractivity contribution in [1.29, 1.82) is 0 Å². The number of Topliss-reactive ketones (excluding diaryl/α,β-unsaturated/α-hetero) is 1. The Balaban J connectivity index is 1.29. The normalized spacial score (nSPS) is 40.9. The number of carbonyl (C=O) groups excluding carboxylic acids is 1. The van der Waals surface area contributed by atoms with Gasteiger partial charge in [-0.3, -0.25) is 0 Å². The van der Waals surface area contributed by atoms with Gasteiger partial charge in [-0.05, 0) is 165 Å². The number of carboxylic acids is 1. The summed E-state index contributed by atoms with van der Waals surface area (Å²) in [5, 5.41) is 13.3. The molecule has 0 amide bonds. The molecule has 252 valence electrons. The number of aromatic carboxylic acids is 1. The summed E-state index contributed by atoms with van der Waals surface area (Å²) >= 11 is 0. The van der Waals surface area contributed by atoms with Crippen molar-refractivity contribution >= 4 is 17.3 Å². The van der Waals surface area contributed by atoms with E-state index in [0.717, 1.165) is 31.8 Å². The summed E-state index contributed by atoms with van der Waals surface area (Å²) in [7, 11) is 0. The van der Waals surface area contributed by atoms with Crippen LogP contribution in [0.25, 0.3) is 5.57 Å². The fourth-order valence-corrected chi connectivity index (χ4v) is 13.3. The van der Waals surface area contributed by atoms with Crippen molar-refractivity contribution in [3.8, 4) is 0 Å². The van der Waals surface area contributed by atoms with Crippen molar-refractivity contribution in [1.82, 2.24) is 5.32 Å². The molecule has 5 aliphatic rings. The molecule has 4 nitrogen and oxygen atoms in total. The molecular formula is C42H61NO3. The Labute approximate surface area is 279 Å². The maximum absolute atomic E-state index is 11.5. The first-order chi connectivity index (χ1) is 21.6. The van der Waals surface area contributed by atoms with Crippen LogP contribution in [0.2, 0.25) is 0 Å². The number of hydrogen-bond donors (Lipinski definition) is 2. The predicted octanol–water partition coefficient (Wildman–Crippen LogP) is 9.99. The summed E-state index contributed by atoms with van der Waals surface area (Å²) in [5.74, 6) is 2.81. The van der Waals surface area contributed by atoms with Gasteiger partial charge in [0.25, 0.3) is 0 Å². The second kappa shape index (κ2) is 11.7. The van der Waals surface area contributed by atoms with Crippen LogP contribution in [0.5, 0.6) is 0 Å². The van der Waals surface area contributed by atoms with Gasteiger partial charge in [-0.25, -0.2) is 4.79 Å². The van der Waals surface area contributed by atoms with Crippen molar-refractivity contribution in [3.63, 3.8) is 0 Å². The highest BCUT2D eigenvalue weighted by Gasteiger charge is 2.70. The number of ketones is 1. The fraction of sp³-hybridized carbons (Fsp3) is 0.714. The molecule has 46 heavy (non-hydrogen) atoms. The van der Waals surface area contributed by atoms with Crippen LogP contribution in [0.15, 0.2) is 42.5 Å². The Morgan fingerprint density at radius 2 is 1.61 bits per heavy atom.